The lowest BCUT2D eigenvalue weighted by Crippen LogP contribution is -2.44. The Labute approximate surface area is 178 Å². The molecule has 166 valence electrons. The lowest BCUT2D eigenvalue weighted by atomic mass is 9.93. The van der Waals surface area contributed by atoms with Gasteiger partial charge in [0, 0.05) is 12.5 Å². The van der Waals surface area contributed by atoms with Crippen LogP contribution in [0.5, 0.6) is 5.75 Å². The highest BCUT2D eigenvalue weighted by molar-refractivity contribution is 6.74. The largest absolute Gasteiger partial charge is 0.497 e. The van der Waals surface area contributed by atoms with Crippen LogP contribution in [0.2, 0.25) is 18.1 Å². The van der Waals surface area contributed by atoms with Gasteiger partial charge in [0.15, 0.2) is 8.32 Å². The summed E-state index contributed by atoms with van der Waals surface area (Å²) in [6.45, 7) is 18.3. The van der Waals surface area contributed by atoms with Crippen molar-refractivity contribution in [2.45, 2.75) is 72.4 Å². The number of hydrogen-bond acceptors (Lipinski definition) is 5. The molecule has 0 aliphatic carbocycles. The molecule has 0 aliphatic heterocycles. The molecule has 1 aromatic carbocycles. The SMILES string of the molecule is CCOC(=O)[C@H](C)[C@@H](OCc1ccc(OC)cc1)[C@@H](C)CO[Si](C)(C)C(C)(C)C. The Morgan fingerprint density at radius 3 is 2.17 bits per heavy atom. The Morgan fingerprint density at radius 2 is 1.69 bits per heavy atom. The zero-order valence-electron chi connectivity index (χ0n) is 19.7. The van der Waals surface area contributed by atoms with Crippen molar-refractivity contribution >= 4 is 14.3 Å². The summed E-state index contributed by atoms with van der Waals surface area (Å²) in [5.41, 5.74) is 1.03. The molecule has 5 nitrogen and oxygen atoms in total. The van der Waals surface area contributed by atoms with Crippen LogP contribution in [0.4, 0.5) is 0 Å². The molecule has 6 heteroatoms. The van der Waals surface area contributed by atoms with Gasteiger partial charge in [-0.05, 0) is 49.7 Å². The smallest absolute Gasteiger partial charge is 0.311 e. The molecule has 0 radical (unpaired) electrons. The zero-order valence-corrected chi connectivity index (χ0v) is 20.7. The first-order valence-electron chi connectivity index (χ1n) is 10.5. The minimum Gasteiger partial charge on any atom is -0.497 e. The summed E-state index contributed by atoms with van der Waals surface area (Å²) < 4.78 is 23.1. The van der Waals surface area contributed by atoms with Gasteiger partial charge in [-0.2, -0.15) is 0 Å². The fourth-order valence-corrected chi connectivity index (χ4v) is 3.89. The van der Waals surface area contributed by atoms with Crippen LogP contribution in [-0.4, -0.2) is 40.7 Å². The van der Waals surface area contributed by atoms with Crippen molar-refractivity contribution in [3.63, 3.8) is 0 Å². The number of carbonyl (C=O) groups excluding carboxylic acids is 1. The number of carbonyl (C=O) groups is 1. The molecule has 0 N–H and O–H groups in total. The Morgan fingerprint density at radius 1 is 1.10 bits per heavy atom. The van der Waals surface area contributed by atoms with E-state index in [0.717, 1.165) is 11.3 Å². The van der Waals surface area contributed by atoms with Crippen LogP contribution in [0.25, 0.3) is 0 Å². The molecule has 0 amide bonds. The van der Waals surface area contributed by atoms with Crippen molar-refractivity contribution < 1.29 is 23.4 Å². The van der Waals surface area contributed by atoms with E-state index in [-0.39, 0.29) is 28.9 Å². The van der Waals surface area contributed by atoms with E-state index in [0.29, 0.717) is 19.8 Å². The Bertz CT molecular complexity index is 621. The first kappa shape index (κ1) is 25.7. The van der Waals surface area contributed by atoms with Gasteiger partial charge in [0.25, 0.3) is 0 Å². The minimum absolute atomic E-state index is 0.0572. The summed E-state index contributed by atoms with van der Waals surface area (Å²) in [7, 11) is -0.228. The molecule has 0 heterocycles. The van der Waals surface area contributed by atoms with Gasteiger partial charge in [-0.1, -0.05) is 39.8 Å². The van der Waals surface area contributed by atoms with Gasteiger partial charge < -0.3 is 18.6 Å². The van der Waals surface area contributed by atoms with Gasteiger partial charge in [0.1, 0.15) is 5.75 Å². The van der Waals surface area contributed by atoms with E-state index in [9.17, 15) is 4.79 Å². The Hall–Kier alpha value is -1.37. The molecular weight excluding hydrogens is 384 g/mol. The van der Waals surface area contributed by atoms with Gasteiger partial charge >= 0.3 is 5.97 Å². The second-order valence-corrected chi connectivity index (χ2v) is 14.0. The number of ether oxygens (including phenoxy) is 3. The third kappa shape index (κ3) is 7.76. The van der Waals surface area contributed by atoms with Crippen LogP contribution < -0.4 is 4.74 Å². The molecule has 1 aromatic rings. The number of benzene rings is 1. The van der Waals surface area contributed by atoms with Gasteiger partial charge in [-0.25, -0.2) is 0 Å². The Balaban J connectivity index is 2.87. The van der Waals surface area contributed by atoms with E-state index in [1.165, 1.54) is 0 Å². The maximum Gasteiger partial charge on any atom is 0.311 e. The first-order valence-corrected chi connectivity index (χ1v) is 13.4. The molecule has 1 rings (SSSR count). The topological polar surface area (TPSA) is 54.0 Å². The molecule has 29 heavy (non-hydrogen) atoms. The fraction of sp³-hybridized carbons (Fsp3) is 0.696. The van der Waals surface area contributed by atoms with Crippen LogP contribution in [0, 0.1) is 11.8 Å². The molecule has 0 saturated carbocycles. The van der Waals surface area contributed by atoms with Gasteiger partial charge in [-0.3, -0.25) is 4.79 Å². The van der Waals surface area contributed by atoms with Crippen molar-refractivity contribution in [2.24, 2.45) is 11.8 Å². The highest BCUT2D eigenvalue weighted by atomic mass is 28.4. The predicted octanol–water partition coefficient (Wildman–Crippen LogP) is 5.44. The third-order valence-electron chi connectivity index (χ3n) is 5.83. The average Bonchev–Trinajstić information content (AvgIpc) is 2.66. The standard InChI is InChI=1S/C23H40O5Si/c1-10-26-22(24)18(3)21(17(2)15-28-29(8,9)23(4,5)6)27-16-19-11-13-20(25-7)14-12-19/h11-14,17-18,21H,10,15-16H2,1-9H3/t17-,18+,21-/m0/s1. The van der Waals surface area contributed by atoms with Gasteiger partial charge in [0.05, 0.1) is 32.3 Å². The lowest BCUT2D eigenvalue weighted by Gasteiger charge is -2.38. The number of rotatable bonds is 11. The van der Waals surface area contributed by atoms with E-state index >= 15 is 0 Å². The van der Waals surface area contributed by atoms with Gasteiger partial charge in [-0.15, -0.1) is 0 Å². The van der Waals surface area contributed by atoms with Crippen molar-refractivity contribution in [1.29, 1.82) is 0 Å². The number of methoxy groups -OCH3 is 1. The molecule has 0 bridgehead atoms. The van der Waals surface area contributed by atoms with Crippen LogP contribution >= 0.6 is 0 Å². The molecule has 3 atom stereocenters. The molecule has 0 spiro atoms. The van der Waals surface area contributed by atoms with E-state index in [1.807, 2.05) is 38.1 Å². The summed E-state index contributed by atoms with van der Waals surface area (Å²) in [6, 6.07) is 7.77. The van der Waals surface area contributed by atoms with E-state index in [2.05, 4.69) is 40.8 Å². The van der Waals surface area contributed by atoms with E-state index < -0.39 is 8.32 Å². The molecule has 0 aromatic heterocycles. The zero-order chi connectivity index (χ0) is 22.2. The molecular formula is C23H40O5Si. The fourth-order valence-electron chi connectivity index (χ4n) is 2.77. The summed E-state index contributed by atoms with van der Waals surface area (Å²) >= 11 is 0. The maximum atomic E-state index is 12.4. The van der Waals surface area contributed by atoms with Crippen LogP contribution in [-0.2, 0) is 25.3 Å². The molecule has 0 aliphatic rings. The van der Waals surface area contributed by atoms with Crippen molar-refractivity contribution in [3.8, 4) is 5.75 Å². The Kier molecular flexibility index (Phi) is 9.85. The second-order valence-electron chi connectivity index (χ2n) is 9.21. The lowest BCUT2D eigenvalue weighted by molar-refractivity contribution is -0.156. The quantitative estimate of drug-likeness (QED) is 0.350. The highest BCUT2D eigenvalue weighted by Crippen LogP contribution is 2.37. The number of hydrogen-bond donors (Lipinski definition) is 0. The average molecular weight is 425 g/mol. The molecule has 0 saturated heterocycles. The van der Waals surface area contributed by atoms with E-state index in [4.69, 9.17) is 18.6 Å². The van der Waals surface area contributed by atoms with Crippen molar-refractivity contribution in [2.75, 3.05) is 20.3 Å². The normalized spacial score (nSPS) is 15.5. The first-order chi connectivity index (χ1) is 13.4. The van der Waals surface area contributed by atoms with Crippen LogP contribution in [0.15, 0.2) is 24.3 Å². The second kappa shape index (κ2) is 11.1. The summed E-state index contributed by atoms with van der Waals surface area (Å²) in [5, 5.41) is 0.138. The number of esters is 1. The molecule has 0 unspecified atom stereocenters. The summed E-state index contributed by atoms with van der Waals surface area (Å²) in [6.07, 6.45) is -0.291. The minimum atomic E-state index is -1.87. The van der Waals surface area contributed by atoms with Gasteiger partial charge in [0.2, 0.25) is 0 Å². The van der Waals surface area contributed by atoms with Crippen molar-refractivity contribution in [1.82, 2.24) is 0 Å². The highest BCUT2D eigenvalue weighted by Gasteiger charge is 2.39. The maximum absolute atomic E-state index is 12.4. The summed E-state index contributed by atoms with van der Waals surface area (Å²) in [4.78, 5) is 12.4. The van der Waals surface area contributed by atoms with Crippen LogP contribution in [0.3, 0.4) is 0 Å². The third-order valence-corrected chi connectivity index (χ3v) is 10.3. The van der Waals surface area contributed by atoms with Crippen molar-refractivity contribution in [3.05, 3.63) is 29.8 Å². The predicted molar refractivity (Wildman–Crippen MR) is 120 cm³/mol. The molecule has 0 fully saturated rings. The van der Waals surface area contributed by atoms with Crippen LogP contribution in [0.1, 0.15) is 47.1 Å². The summed E-state index contributed by atoms with van der Waals surface area (Å²) in [5.74, 6) is 0.265. The van der Waals surface area contributed by atoms with E-state index in [1.54, 1.807) is 7.11 Å². The monoisotopic (exact) mass is 424 g/mol.